The smallest absolute Gasteiger partial charge is 0.0414 e. The number of benzene rings is 1. The van der Waals surface area contributed by atoms with Crippen molar-refractivity contribution in [3.05, 3.63) is 29.8 Å². The largest absolute Gasteiger partial charge is 0.368 e. The molecule has 1 unspecified atom stereocenters. The molecule has 0 saturated heterocycles. The number of hydrogen-bond acceptors (Lipinski definition) is 2. The monoisotopic (exact) mass is 248 g/mol. The first-order valence-corrected chi connectivity index (χ1v) is 7.26. The summed E-state index contributed by atoms with van der Waals surface area (Å²) in [6.07, 6.45) is 2.48. The van der Waals surface area contributed by atoms with E-state index in [0.717, 1.165) is 19.6 Å². The zero-order chi connectivity index (χ0) is 13.4. The topological polar surface area (TPSA) is 15.3 Å². The Kier molecular flexibility index (Phi) is 6.81. The van der Waals surface area contributed by atoms with Gasteiger partial charge in [0.15, 0.2) is 0 Å². The van der Waals surface area contributed by atoms with Gasteiger partial charge < -0.3 is 10.2 Å². The lowest BCUT2D eigenvalue weighted by molar-refractivity contribution is 0.511. The Labute approximate surface area is 112 Å². The summed E-state index contributed by atoms with van der Waals surface area (Å²) in [7, 11) is 0. The van der Waals surface area contributed by atoms with E-state index in [2.05, 4.69) is 62.2 Å². The van der Waals surface area contributed by atoms with Crippen LogP contribution in [0.4, 0.5) is 5.69 Å². The molecule has 0 bridgehead atoms. The SMILES string of the molecule is CCCC(CNCC)N(CC)c1cccc(C)c1. The number of likely N-dealkylation sites (N-methyl/N-ethyl adjacent to an activating group) is 2. The van der Waals surface area contributed by atoms with Crippen LogP contribution >= 0.6 is 0 Å². The molecule has 1 aromatic rings. The molecule has 0 heterocycles. The molecule has 2 nitrogen and oxygen atoms in total. The van der Waals surface area contributed by atoms with Gasteiger partial charge in [-0.25, -0.2) is 0 Å². The van der Waals surface area contributed by atoms with Crippen molar-refractivity contribution in [2.75, 3.05) is 24.5 Å². The Bertz CT molecular complexity index is 336. The third-order valence-corrected chi connectivity index (χ3v) is 3.37. The van der Waals surface area contributed by atoms with Crippen LogP contribution in [-0.4, -0.2) is 25.7 Å². The zero-order valence-electron chi connectivity index (χ0n) is 12.4. The van der Waals surface area contributed by atoms with Crippen molar-refractivity contribution in [1.82, 2.24) is 5.32 Å². The Morgan fingerprint density at radius 3 is 2.56 bits per heavy atom. The average Bonchev–Trinajstić information content (AvgIpc) is 2.37. The molecule has 0 saturated carbocycles. The Balaban J connectivity index is 2.83. The second-order valence-corrected chi connectivity index (χ2v) is 4.88. The molecule has 18 heavy (non-hydrogen) atoms. The number of aryl methyl sites for hydroxylation is 1. The molecule has 1 aromatic carbocycles. The van der Waals surface area contributed by atoms with Crippen LogP contribution in [0.1, 0.15) is 39.2 Å². The molecule has 0 amide bonds. The standard InChI is InChI=1S/C16H28N2/c1-5-9-16(13-17-6-2)18(7-3)15-11-8-10-14(4)12-15/h8,10-12,16-17H,5-7,9,13H2,1-4H3. The number of nitrogens with one attached hydrogen (secondary N) is 1. The molecule has 0 fully saturated rings. The lowest BCUT2D eigenvalue weighted by atomic mass is 10.1. The van der Waals surface area contributed by atoms with Crippen molar-refractivity contribution >= 4 is 5.69 Å². The number of hydrogen-bond donors (Lipinski definition) is 1. The van der Waals surface area contributed by atoms with Gasteiger partial charge in [0.2, 0.25) is 0 Å². The fourth-order valence-corrected chi connectivity index (χ4v) is 2.47. The van der Waals surface area contributed by atoms with Gasteiger partial charge in [0, 0.05) is 24.8 Å². The van der Waals surface area contributed by atoms with Gasteiger partial charge in [-0.1, -0.05) is 32.4 Å². The van der Waals surface area contributed by atoms with Crippen molar-refractivity contribution in [2.24, 2.45) is 0 Å². The van der Waals surface area contributed by atoms with Crippen LogP contribution in [-0.2, 0) is 0 Å². The van der Waals surface area contributed by atoms with Gasteiger partial charge in [0.1, 0.15) is 0 Å². The van der Waals surface area contributed by atoms with Gasteiger partial charge in [-0.3, -0.25) is 0 Å². The fraction of sp³-hybridized carbons (Fsp3) is 0.625. The van der Waals surface area contributed by atoms with E-state index in [1.54, 1.807) is 0 Å². The van der Waals surface area contributed by atoms with E-state index < -0.39 is 0 Å². The molecule has 2 heteroatoms. The number of rotatable bonds is 8. The van der Waals surface area contributed by atoms with Crippen LogP contribution in [0.25, 0.3) is 0 Å². The van der Waals surface area contributed by atoms with E-state index in [1.807, 2.05) is 0 Å². The third-order valence-electron chi connectivity index (χ3n) is 3.37. The summed E-state index contributed by atoms with van der Waals surface area (Å²) >= 11 is 0. The normalized spacial score (nSPS) is 12.4. The summed E-state index contributed by atoms with van der Waals surface area (Å²) in [5, 5.41) is 3.49. The first-order chi connectivity index (χ1) is 8.72. The number of anilines is 1. The molecular formula is C16H28N2. The lowest BCUT2D eigenvalue weighted by Crippen LogP contribution is -2.42. The molecule has 0 spiro atoms. The Morgan fingerprint density at radius 2 is 2.00 bits per heavy atom. The molecule has 0 aliphatic heterocycles. The van der Waals surface area contributed by atoms with E-state index in [1.165, 1.54) is 24.1 Å². The van der Waals surface area contributed by atoms with E-state index in [4.69, 9.17) is 0 Å². The number of nitrogens with zero attached hydrogens (tertiary/aromatic N) is 1. The van der Waals surface area contributed by atoms with Crippen molar-refractivity contribution in [3.8, 4) is 0 Å². The molecule has 0 aliphatic rings. The molecule has 1 N–H and O–H groups in total. The van der Waals surface area contributed by atoms with E-state index in [0.29, 0.717) is 6.04 Å². The summed E-state index contributed by atoms with van der Waals surface area (Å²) in [4.78, 5) is 2.53. The van der Waals surface area contributed by atoms with Crippen LogP contribution in [0.5, 0.6) is 0 Å². The average molecular weight is 248 g/mol. The first kappa shape index (κ1) is 15.0. The second kappa shape index (κ2) is 8.15. The van der Waals surface area contributed by atoms with Gasteiger partial charge in [-0.15, -0.1) is 0 Å². The van der Waals surface area contributed by atoms with Crippen LogP contribution in [0.2, 0.25) is 0 Å². The van der Waals surface area contributed by atoms with Gasteiger partial charge in [0.25, 0.3) is 0 Å². The maximum absolute atomic E-state index is 3.49. The summed E-state index contributed by atoms with van der Waals surface area (Å²) in [5.74, 6) is 0. The predicted molar refractivity (Wildman–Crippen MR) is 81.4 cm³/mol. The maximum atomic E-state index is 3.49. The van der Waals surface area contributed by atoms with Gasteiger partial charge >= 0.3 is 0 Å². The summed E-state index contributed by atoms with van der Waals surface area (Å²) in [5.41, 5.74) is 2.69. The lowest BCUT2D eigenvalue weighted by Gasteiger charge is -2.33. The van der Waals surface area contributed by atoms with Crippen molar-refractivity contribution < 1.29 is 0 Å². The van der Waals surface area contributed by atoms with Crippen LogP contribution in [0.3, 0.4) is 0 Å². The molecule has 0 radical (unpaired) electrons. The van der Waals surface area contributed by atoms with E-state index in [-0.39, 0.29) is 0 Å². The quantitative estimate of drug-likeness (QED) is 0.756. The Hall–Kier alpha value is -1.02. The van der Waals surface area contributed by atoms with Gasteiger partial charge in [-0.2, -0.15) is 0 Å². The van der Waals surface area contributed by atoms with Crippen molar-refractivity contribution in [2.45, 2.75) is 46.6 Å². The van der Waals surface area contributed by atoms with Crippen molar-refractivity contribution in [1.29, 1.82) is 0 Å². The highest BCUT2D eigenvalue weighted by molar-refractivity contribution is 5.49. The van der Waals surface area contributed by atoms with E-state index >= 15 is 0 Å². The summed E-state index contributed by atoms with van der Waals surface area (Å²) in [6.45, 7) is 12.0. The highest BCUT2D eigenvalue weighted by atomic mass is 15.2. The summed E-state index contributed by atoms with van der Waals surface area (Å²) < 4.78 is 0. The summed E-state index contributed by atoms with van der Waals surface area (Å²) in [6, 6.07) is 9.44. The maximum Gasteiger partial charge on any atom is 0.0414 e. The van der Waals surface area contributed by atoms with Crippen LogP contribution in [0, 0.1) is 6.92 Å². The van der Waals surface area contributed by atoms with Gasteiger partial charge in [-0.05, 0) is 44.5 Å². The minimum atomic E-state index is 0.599. The molecule has 0 aromatic heterocycles. The molecule has 102 valence electrons. The second-order valence-electron chi connectivity index (χ2n) is 4.88. The predicted octanol–water partition coefficient (Wildman–Crippen LogP) is 3.60. The minimum absolute atomic E-state index is 0.599. The van der Waals surface area contributed by atoms with Crippen LogP contribution in [0.15, 0.2) is 24.3 Å². The molecule has 0 aliphatic carbocycles. The van der Waals surface area contributed by atoms with Crippen LogP contribution < -0.4 is 10.2 Å². The molecule has 1 atom stereocenters. The highest BCUT2D eigenvalue weighted by Crippen LogP contribution is 2.20. The van der Waals surface area contributed by atoms with Crippen molar-refractivity contribution in [3.63, 3.8) is 0 Å². The Morgan fingerprint density at radius 1 is 1.22 bits per heavy atom. The highest BCUT2D eigenvalue weighted by Gasteiger charge is 2.16. The fourth-order valence-electron chi connectivity index (χ4n) is 2.47. The zero-order valence-corrected chi connectivity index (χ0v) is 12.4. The van der Waals surface area contributed by atoms with E-state index in [9.17, 15) is 0 Å². The first-order valence-electron chi connectivity index (χ1n) is 7.26. The third kappa shape index (κ3) is 4.34. The minimum Gasteiger partial charge on any atom is -0.368 e. The van der Waals surface area contributed by atoms with Gasteiger partial charge in [0.05, 0.1) is 0 Å². The molecule has 1 rings (SSSR count). The molecular weight excluding hydrogens is 220 g/mol.